The highest BCUT2D eigenvalue weighted by Gasteiger charge is 2.74. The smallest absolute Gasteiger partial charge is 0.248 e. The zero-order valence-corrected chi connectivity index (χ0v) is 22.6. The minimum absolute atomic E-state index is 0.00899. The summed E-state index contributed by atoms with van der Waals surface area (Å²) in [5.41, 5.74) is 0.676. The van der Waals surface area contributed by atoms with Gasteiger partial charge in [-0.1, -0.05) is 57.5 Å². The van der Waals surface area contributed by atoms with E-state index in [1.54, 1.807) is 16.7 Å². The summed E-state index contributed by atoms with van der Waals surface area (Å²) in [5.74, 6) is -1.48. The van der Waals surface area contributed by atoms with E-state index in [9.17, 15) is 19.5 Å². The lowest BCUT2D eigenvalue weighted by molar-refractivity contribution is -0.143. The fourth-order valence-electron chi connectivity index (χ4n) is 6.71. The molecule has 0 aliphatic carbocycles. The number of amides is 3. The number of carbonyl (C=O) groups excluding carboxylic acids is 3. The quantitative estimate of drug-likeness (QED) is 0.464. The Morgan fingerprint density at radius 3 is 2.62 bits per heavy atom. The lowest BCUT2D eigenvalue weighted by atomic mass is 9.70. The SMILES string of the molecule is CCCNC(=O)[C@@H]1[C@H]2C(=O)N([C@@H](CO)[C@@H](C)CC)C(C(=O)Nc3ccc4ccccc4c3)C23CC[C@H]1S3. The summed E-state index contributed by atoms with van der Waals surface area (Å²) in [4.78, 5) is 43.2. The molecule has 5 rings (SSSR count). The molecule has 3 aliphatic rings. The van der Waals surface area contributed by atoms with Crippen LogP contribution in [0.5, 0.6) is 0 Å². The Kier molecular flexibility index (Phi) is 7.24. The van der Waals surface area contributed by atoms with E-state index in [-0.39, 0.29) is 35.5 Å². The number of nitrogens with zero attached hydrogens (tertiary/aromatic N) is 1. The molecule has 7 atom stereocenters. The number of hydrogen-bond acceptors (Lipinski definition) is 5. The van der Waals surface area contributed by atoms with Crippen LogP contribution in [-0.4, -0.2) is 63.0 Å². The first kappa shape index (κ1) is 26.0. The lowest BCUT2D eigenvalue weighted by Crippen LogP contribution is -2.56. The maximum absolute atomic E-state index is 14.2. The molecule has 3 fully saturated rings. The zero-order chi connectivity index (χ0) is 26.3. The largest absolute Gasteiger partial charge is 0.394 e. The highest BCUT2D eigenvalue weighted by molar-refractivity contribution is 8.02. The molecule has 37 heavy (non-hydrogen) atoms. The van der Waals surface area contributed by atoms with Crippen LogP contribution < -0.4 is 10.6 Å². The van der Waals surface area contributed by atoms with E-state index in [0.29, 0.717) is 18.7 Å². The number of benzene rings is 2. The molecule has 2 bridgehead atoms. The van der Waals surface area contributed by atoms with Gasteiger partial charge in [-0.2, -0.15) is 0 Å². The first-order valence-electron chi connectivity index (χ1n) is 13.5. The van der Waals surface area contributed by atoms with Crippen LogP contribution in [0, 0.1) is 17.8 Å². The summed E-state index contributed by atoms with van der Waals surface area (Å²) in [6.07, 6.45) is 3.10. The van der Waals surface area contributed by atoms with E-state index < -0.39 is 28.7 Å². The van der Waals surface area contributed by atoms with Crippen molar-refractivity contribution in [2.24, 2.45) is 17.8 Å². The van der Waals surface area contributed by atoms with Gasteiger partial charge in [-0.15, -0.1) is 11.8 Å². The molecule has 0 saturated carbocycles. The summed E-state index contributed by atoms with van der Waals surface area (Å²) < 4.78 is -0.669. The third-order valence-electron chi connectivity index (χ3n) is 8.70. The molecule has 3 N–H and O–H groups in total. The van der Waals surface area contributed by atoms with Crippen LogP contribution in [0.25, 0.3) is 10.8 Å². The van der Waals surface area contributed by atoms with Gasteiger partial charge in [0.05, 0.1) is 29.2 Å². The van der Waals surface area contributed by atoms with Crippen molar-refractivity contribution in [1.82, 2.24) is 10.2 Å². The topological polar surface area (TPSA) is 98.7 Å². The van der Waals surface area contributed by atoms with Gasteiger partial charge in [0.1, 0.15) is 6.04 Å². The molecule has 2 aromatic carbocycles. The van der Waals surface area contributed by atoms with Gasteiger partial charge in [0.15, 0.2) is 0 Å². The second kappa shape index (κ2) is 10.3. The van der Waals surface area contributed by atoms with Gasteiger partial charge >= 0.3 is 0 Å². The Hall–Kier alpha value is -2.58. The van der Waals surface area contributed by atoms with Crippen LogP contribution >= 0.6 is 11.8 Å². The Bertz CT molecular complexity index is 1200. The molecule has 0 radical (unpaired) electrons. The van der Waals surface area contributed by atoms with E-state index in [0.717, 1.165) is 30.0 Å². The fraction of sp³-hybridized carbons (Fsp3) is 0.552. The summed E-state index contributed by atoms with van der Waals surface area (Å²) in [7, 11) is 0. The van der Waals surface area contributed by atoms with Gasteiger partial charge < -0.3 is 20.6 Å². The molecule has 3 amide bonds. The number of carbonyl (C=O) groups is 3. The number of hydrogen-bond donors (Lipinski definition) is 3. The summed E-state index contributed by atoms with van der Waals surface area (Å²) >= 11 is 1.66. The van der Waals surface area contributed by atoms with Crippen molar-refractivity contribution in [3.05, 3.63) is 42.5 Å². The van der Waals surface area contributed by atoms with E-state index in [1.165, 1.54) is 0 Å². The first-order chi connectivity index (χ1) is 17.9. The number of nitrogens with one attached hydrogen (secondary N) is 2. The fourth-order valence-corrected chi connectivity index (χ4v) is 8.91. The zero-order valence-electron chi connectivity index (χ0n) is 21.8. The molecule has 7 nitrogen and oxygen atoms in total. The van der Waals surface area contributed by atoms with Crippen molar-refractivity contribution < 1.29 is 19.5 Å². The van der Waals surface area contributed by atoms with Crippen LogP contribution in [0.2, 0.25) is 0 Å². The van der Waals surface area contributed by atoms with E-state index in [2.05, 4.69) is 10.6 Å². The second-order valence-corrected chi connectivity index (χ2v) is 12.4. The Balaban J connectivity index is 1.53. The molecule has 198 valence electrons. The van der Waals surface area contributed by atoms with Crippen molar-refractivity contribution in [2.75, 3.05) is 18.5 Å². The molecule has 2 unspecified atom stereocenters. The average molecular weight is 524 g/mol. The second-order valence-electron chi connectivity index (χ2n) is 10.8. The number of thioether (sulfide) groups is 1. The average Bonchev–Trinajstić information content (AvgIpc) is 3.55. The minimum atomic E-state index is -0.749. The van der Waals surface area contributed by atoms with Gasteiger partial charge in [-0.25, -0.2) is 0 Å². The lowest BCUT2D eigenvalue weighted by Gasteiger charge is -2.39. The highest BCUT2D eigenvalue weighted by atomic mass is 32.2. The Morgan fingerprint density at radius 2 is 1.92 bits per heavy atom. The van der Waals surface area contributed by atoms with Crippen molar-refractivity contribution in [2.45, 2.75) is 68.5 Å². The van der Waals surface area contributed by atoms with E-state index in [4.69, 9.17) is 0 Å². The molecular weight excluding hydrogens is 486 g/mol. The maximum atomic E-state index is 14.2. The van der Waals surface area contributed by atoms with Crippen molar-refractivity contribution in [3.63, 3.8) is 0 Å². The summed E-state index contributed by atoms with van der Waals surface area (Å²) in [6.45, 7) is 6.39. The highest BCUT2D eigenvalue weighted by Crippen LogP contribution is 2.66. The molecule has 2 aromatic rings. The van der Waals surface area contributed by atoms with Gasteiger partial charge in [-0.3, -0.25) is 14.4 Å². The standard InChI is InChI=1S/C29H37N3O4S/c1-4-14-30-26(34)23-22-12-13-29(37-22)24(23)28(36)32(21(16-33)17(3)5-2)25(29)27(35)31-20-11-10-18-8-6-7-9-19(18)15-20/h6-11,15,17,21-25,33H,4-5,12-14,16H2,1-3H3,(H,30,34)(H,31,35)/t17-,21-,22+,23-,24-,25?,29?/m0/s1. The number of rotatable bonds is 9. The van der Waals surface area contributed by atoms with Gasteiger partial charge in [0.25, 0.3) is 0 Å². The van der Waals surface area contributed by atoms with E-state index in [1.807, 2.05) is 63.2 Å². The van der Waals surface area contributed by atoms with Gasteiger partial charge in [0, 0.05) is 17.5 Å². The van der Waals surface area contributed by atoms with Crippen molar-refractivity contribution in [1.29, 1.82) is 0 Å². The Labute approximate surface area is 222 Å². The minimum Gasteiger partial charge on any atom is -0.394 e. The van der Waals surface area contributed by atoms with Crippen LogP contribution in [0.4, 0.5) is 5.69 Å². The predicted molar refractivity (Wildman–Crippen MR) is 147 cm³/mol. The van der Waals surface area contributed by atoms with E-state index >= 15 is 0 Å². The van der Waals surface area contributed by atoms with Crippen molar-refractivity contribution in [3.8, 4) is 0 Å². The van der Waals surface area contributed by atoms with Gasteiger partial charge in [0.2, 0.25) is 17.7 Å². The third-order valence-corrected chi connectivity index (χ3v) is 10.7. The molecule has 3 saturated heterocycles. The predicted octanol–water partition coefficient (Wildman–Crippen LogP) is 3.80. The normalized spacial score (nSPS) is 29.8. The molecule has 8 heteroatoms. The summed E-state index contributed by atoms with van der Waals surface area (Å²) in [5, 5.41) is 18.7. The third kappa shape index (κ3) is 4.22. The first-order valence-corrected chi connectivity index (χ1v) is 14.4. The van der Waals surface area contributed by atoms with Crippen LogP contribution in [-0.2, 0) is 14.4 Å². The summed E-state index contributed by atoms with van der Waals surface area (Å²) in [6, 6.07) is 12.5. The number of fused-ring (bicyclic) bond motifs is 2. The Morgan fingerprint density at radius 1 is 1.16 bits per heavy atom. The van der Waals surface area contributed by atoms with Crippen LogP contribution in [0.1, 0.15) is 46.5 Å². The van der Waals surface area contributed by atoms with Crippen LogP contribution in [0.3, 0.4) is 0 Å². The molecule has 3 heterocycles. The monoisotopic (exact) mass is 523 g/mol. The molecule has 3 aliphatic heterocycles. The van der Waals surface area contributed by atoms with Gasteiger partial charge in [-0.05, 0) is 48.1 Å². The number of aliphatic hydroxyl groups is 1. The number of anilines is 1. The van der Waals surface area contributed by atoms with Crippen molar-refractivity contribution >= 4 is 45.9 Å². The molecule has 1 spiro atoms. The maximum Gasteiger partial charge on any atom is 0.248 e. The van der Waals surface area contributed by atoms with Crippen LogP contribution in [0.15, 0.2) is 42.5 Å². The molecule has 0 aromatic heterocycles. The number of likely N-dealkylation sites (tertiary alicyclic amines) is 1. The number of aliphatic hydroxyl groups excluding tert-OH is 1. The molecular formula is C29H37N3O4S.